The summed E-state index contributed by atoms with van der Waals surface area (Å²) in [5.41, 5.74) is 18.1. The van der Waals surface area contributed by atoms with Crippen LogP contribution in [0.4, 0.5) is 17.1 Å². The first-order valence-corrected chi connectivity index (χ1v) is 23.5. The summed E-state index contributed by atoms with van der Waals surface area (Å²) in [7, 11) is 0. The van der Waals surface area contributed by atoms with Gasteiger partial charge in [-0.25, -0.2) is 0 Å². The molecule has 0 unspecified atom stereocenters. The van der Waals surface area contributed by atoms with Gasteiger partial charge in [0.05, 0.1) is 15.8 Å². The van der Waals surface area contributed by atoms with E-state index < -0.39 is 5.41 Å². The van der Waals surface area contributed by atoms with Gasteiger partial charge in [0, 0.05) is 36.6 Å². The summed E-state index contributed by atoms with van der Waals surface area (Å²) in [4.78, 5) is 5.02. The largest absolute Gasteiger partial charge is 0.309 e. The zero-order valence-electron chi connectivity index (χ0n) is 34.8. The molecule has 2 heterocycles. The third-order valence-corrected chi connectivity index (χ3v) is 15.7. The van der Waals surface area contributed by atoms with E-state index in [1.54, 1.807) is 0 Å². The Morgan fingerprint density at radius 1 is 0.328 bits per heavy atom. The highest BCUT2D eigenvalue weighted by molar-refractivity contribution is 7.99. The molecule has 0 saturated carbocycles. The first-order chi connectivity index (χ1) is 31.7. The van der Waals surface area contributed by atoms with Crippen molar-refractivity contribution >= 4 is 60.3 Å². The average molecular weight is 850 g/mol. The molecule has 0 radical (unpaired) electrons. The molecular weight excluding hydrogens is 811 g/mol. The normalized spacial score (nSPS) is 13.1. The van der Waals surface area contributed by atoms with Gasteiger partial charge >= 0.3 is 0 Å². The van der Waals surface area contributed by atoms with Crippen molar-refractivity contribution in [2.75, 3.05) is 4.90 Å². The second kappa shape index (κ2) is 14.8. The molecule has 0 fully saturated rings. The maximum atomic E-state index is 2.49. The molecule has 300 valence electrons. The van der Waals surface area contributed by atoms with Crippen molar-refractivity contribution in [3.63, 3.8) is 0 Å². The Hall–Kier alpha value is -7.43. The average Bonchev–Trinajstić information content (AvgIpc) is 3.71. The van der Waals surface area contributed by atoms with Gasteiger partial charge in [0.2, 0.25) is 0 Å². The smallest absolute Gasteiger partial charge is 0.0735 e. The second-order valence-corrected chi connectivity index (χ2v) is 18.9. The van der Waals surface area contributed by atoms with Crippen LogP contribution in [0.25, 0.3) is 64.7 Å². The predicted molar refractivity (Wildman–Crippen MR) is 272 cm³/mol. The molecule has 13 rings (SSSR count). The Bertz CT molecular complexity index is 3520. The SMILES string of the molecule is c1ccc(-c2ccc(N(c3ccc(-c4ccc5c(c4)C4(c6ccccc6S5)c5ccccc5-c5ccccc5-c5ccccc54)cc3)c3cccc4c3sc3ccccc34)cc2)cc1. The second-order valence-electron chi connectivity index (χ2n) is 16.7. The Balaban J connectivity index is 0.984. The molecule has 0 saturated heterocycles. The zero-order valence-corrected chi connectivity index (χ0v) is 36.4. The van der Waals surface area contributed by atoms with E-state index in [1.165, 1.54) is 102 Å². The van der Waals surface area contributed by atoms with Crippen LogP contribution in [0.3, 0.4) is 0 Å². The van der Waals surface area contributed by atoms with Gasteiger partial charge < -0.3 is 4.90 Å². The molecule has 1 aliphatic carbocycles. The van der Waals surface area contributed by atoms with E-state index in [2.05, 4.69) is 241 Å². The van der Waals surface area contributed by atoms with Gasteiger partial charge in [0.15, 0.2) is 0 Å². The number of nitrogens with zero attached hydrogens (tertiary/aromatic N) is 1. The molecule has 0 atom stereocenters. The maximum Gasteiger partial charge on any atom is 0.0735 e. The fraction of sp³-hybridized carbons (Fsp3) is 0.0164. The standard InChI is InChI=1S/C61H39NS2/c1-2-15-40(16-3-1)41-29-34-44(35-30-41)62(56-26-14-22-51-50-21-8-12-27-57(50)64-60(51)56)45-36-31-42(32-37-45)43-33-38-59-55(39-43)61(54-25-11-13-28-58(54)63-59)52-23-9-6-19-48(52)46-17-4-5-18-47(46)49-20-7-10-24-53(49)61/h1-39H. The van der Waals surface area contributed by atoms with Crippen LogP contribution in [0.2, 0.25) is 0 Å². The van der Waals surface area contributed by atoms with Gasteiger partial charge in [-0.15, -0.1) is 11.3 Å². The van der Waals surface area contributed by atoms with Crippen LogP contribution in [0, 0.1) is 0 Å². The van der Waals surface area contributed by atoms with Crippen LogP contribution in [0.1, 0.15) is 22.3 Å². The van der Waals surface area contributed by atoms with Crippen molar-refractivity contribution in [3.05, 3.63) is 259 Å². The molecule has 1 spiro atoms. The minimum absolute atomic E-state index is 0.551. The van der Waals surface area contributed by atoms with E-state index in [1.807, 2.05) is 23.1 Å². The topological polar surface area (TPSA) is 3.24 Å². The van der Waals surface area contributed by atoms with Crippen molar-refractivity contribution in [1.29, 1.82) is 0 Å². The van der Waals surface area contributed by atoms with Crippen LogP contribution in [0.15, 0.2) is 246 Å². The predicted octanol–water partition coefficient (Wildman–Crippen LogP) is 17.4. The lowest BCUT2D eigenvalue weighted by Crippen LogP contribution is -2.34. The number of rotatable bonds is 5. The molecule has 11 aromatic rings. The lowest BCUT2D eigenvalue weighted by atomic mass is 9.63. The van der Waals surface area contributed by atoms with Crippen LogP contribution in [0.5, 0.6) is 0 Å². The molecule has 10 aromatic carbocycles. The van der Waals surface area contributed by atoms with Gasteiger partial charge in [-0.3, -0.25) is 0 Å². The molecule has 1 nitrogen and oxygen atoms in total. The van der Waals surface area contributed by atoms with E-state index in [0.29, 0.717) is 0 Å². The number of hydrogen-bond donors (Lipinski definition) is 0. The molecular formula is C61H39NS2. The highest BCUT2D eigenvalue weighted by Gasteiger charge is 2.48. The minimum Gasteiger partial charge on any atom is -0.309 e. The van der Waals surface area contributed by atoms with Crippen molar-refractivity contribution < 1.29 is 0 Å². The first-order valence-electron chi connectivity index (χ1n) is 21.9. The molecule has 0 N–H and O–H groups in total. The van der Waals surface area contributed by atoms with E-state index in [0.717, 1.165) is 11.4 Å². The number of anilines is 3. The van der Waals surface area contributed by atoms with Gasteiger partial charge in [0.1, 0.15) is 0 Å². The quantitative estimate of drug-likeness (QED) is 0.170. The minimum atomic E-state index is -0.551. The summed E-state index contributed by atoms with van der Waals surface area (Å²) < 4.78 is 2.58. The summed E-state index contributed by atoms with van der Waals surface area (Å²) in [5.74, 6) is 0. The summed E-state index contributed by atoms with van der Waals surface area (Å²) in [6.45, 7) is 0. The van der Waals surface area contributed by atoms with Crippen LogP contribution >= 0.6 is 23.1 Å². The molecule has 1 aromatic heterocycles. The molecule has 0 bridgehead atoms. The third-order valence-electron chi connectivity index (χ3n) is 13.4. The number of benzene rings is 10. The zero-order chi connectivity index (χ0) is 42.2. The van der Waals surface area contributed by atoms with Gasteiger partial charge in [-0.05, 0) is 121 Å². The van der Waals surface area contributed by atoms with Gasteiger partial charge in [0.25, 0.3) is 0 Å². The highest BCUT2D eigenvalue weighted by Crippen LogP contribution is 2.61. The number of fused-ring (bicyclic) bond motifs is 14. The maximum absolute atomic E-state index is 2.49. The highest BCUT2D eigenvalue weighted by atomic mass is 32.2. The van der Waals surface area contributed by atoms with E-state index in [9.17, 15) is 0 Å². The molecule has 3 heteroatoms. The van der Waals surface area contributed by atoms with Crippen LogP contribution < -0.4 is 4.90 Å². The van der Waals surface area contributed by atoms with Gasteiger partial charge in [-0.1, -0.05) is 194 Å². The Morgan fingerprint density at radius 3 is 1.52 bits per heavy atom. The molecule has 64 heavy (non-hydrogen) atoms. The lowest BCUT2D eigenvalue weighted by Gasteiger charge is -2.43. The number of thiophene rings is 1. The van der Waals surface area contributed by atoms with Crippen LogP contribution in [-0.4, -0.2) is 0 Å². The molecule has 2 aliphatic rings. The van der Waals surface area contributed by atoms with Crippen molar-refractivity contribution in [1.82, 2.24) is 0 Å². The summed E-state index contributed by atoms with van der Waals surface area (Å²) >= 11 is 3.76. The number of hydrogen-bond acceptors (Lipinski definition) is 3. The fourth-order valence-corrected chi connectivity index (χ4v) is 12.9. The molecule has 0 amide bonds. The monoisotopic (exact) mass is 849 g/mol. The van der Waals surface area contributed by atoms with E-state index in [-0.39, 0.29) is 0 Å². The summed E-state index contributed by atoms with van der Waals surface area (Å²) in [6, 6.07) is 87.9. The Labute approximate surface area is 381 Å². The Kier molecular flexibility index (Phi) is 8.62. The lowest BCUT2D eigenvalue weighted by molar-refractivity contribution is 0.708. The third kappa shape index (κ3) is 5.64. The van der Waals surface area contributed by atoms with E-state index >= 15 is 0 Å². The fourth-order valence-electron chi connectivity index (χ4n) is 10.6. The Morgan fingerprint density at radius 2 is 0.828 bits per heavy atom. The van der Waals surface area contributed by atoms with Gasteiger partial charge in [-0.2, -0.15) is 0 Å². The van der Waals surface area contributed by atoms with E-state index in [4.69, 9.17) is 0 Å². The van der Waals surface area contributed by atoms with Crippen molar-refractivity contribution in [2.24, 2.45) is 0 Å². The summed E-state index contributed by atoms with van der Waals surface area (Å²) in [5, 5.41) is 2.58. The van der Waals surface area contributed by atoms with Crippen molar-refractivity contribution in [3.8, 4) is 44.5 Å². The first kappa shape index (κ1) is 37.2. The van der Waals surface area contributed by atoms with Crippen LogP contribution in [-0.2, 0) is 5.41 Å². The summed E-state index contributed by atoms with van der Waals surface area (Å²) in [6.07, 6.45) is 0. The molecule has 1 aliphatic heterocycles. The van der Waals surface area contributed by atoms with Crippen molar-refractivity contribution in [2.45, 2.75) is 15.2 Å².